The normalized spacial score (nSPS) is 9.24. The first-order valence-electron chi connectivity index (χ1n) is 5.08. The largest absolute Gasteiger partial charge is 0.335 e. The van der Waals surface area contributed by atoms with Crippen LogP contribution in [0.5, 0.6) is 0 Å². The van der Waals surface area contributed by atoms with Gasteiger partial charge in [0.15, 0.2) is 0 Å². The number of anilines is 1. The molecule has 0 aliphatic carbocycles. The molecule has 17 heavy (non-hydrogen) atoms. The van der Waals surface area contributed by atoms with E-state index in [2.05, 4.69) is 10.6 Å². The van der Waals surface area contributed by atoms with Gasteiger partial charge >= 0.3 is 11.8 Å². The number of nitriles is 1. The summed E-state index contributed by atoms with van der Waals surface area (Å²) in [5, 5.41) is 12.9. The highest BCUT2D eigenvalue weighted by Gasteiger charge is 2.13. The average Bonchev–Trinajstić information content (AvgIpc) is 2.30. The van der Waals surface area contributed by atoms with Gasteiger partial charge in [-0.05, 0) is 31.0 Å². The number of hydrogen-bond donors (Lipinski definition) is 2. The maximum atomic E-state index is 11.4. The van der Waals surface area contributed by atoms with Crippen molar-refractivity contribution < 1.29 is 9.59 Å². The van der Waals surface area contributed by atoms with Crippen molar-refractivity contribution in [1.82, 2.24) is 5.32 Å². The molecule has 1 aromatic rings. The van der Waals surface area contributed by atoms with Crippen LogP contribution in [-0.2, 0) is 9.59 Å². The van der Waals surface area contributed by atoms with Crippen LogP contribution in [-0.4, -0.2) is 18.4 Å². The molecule has 0 aliphatic heterocycles. The summed E-state index contributed by atoms with van der Waals surface area (Å²) < 4.78 is 0. The van der Waals surface area contributed by atoms with Crippen molar-refractivity contribution in [2.45, 2.75) is 13.8 Å². The summed E-state index contributed by atoms with van der Waals surface area (Å²) in [6.07, 6.45) is 0. The lowest BCUT2D eigenvalue weighted by molar-refractivity contribution is -0.136. The minimum atomic E-state index is -0.813. The van der Waals surface area contributed by atoms with Crippen LogP contribution in [0.25, 0.3) is 0 Å². The summed E-state index contributed by atoms with van der Waals surface area (Å²) >= 11 is 0. The van der Waals surface area contributed by atoms with Gasteiger partial charge in [-0.15, -0.1) is 0 Å². The predicted molar refractivity (Wildman–Crippen MR) is 63.2 cm³/mol. The van der Waals surface area contributed by atoms with Crippen LogP contribution < -0.4 is 10.6 Å². The van der Waals surface area contributed by atoms with Gasteiger partial charge in [0.1, 0.15) is 6.54 Å². The molecule has 0 bridgehead atoms. The summed E-state index contributed by atoms with van der Waals surface area (Å²) in [6, 6.07) is 7.29. The first-order chi connectivity index (χ1) is 8.04. The van der Waals surface area contributed by atoms with E-state index in [1.807, 2.05) is 26.0 Å². The second kappa shape index (κ2) is 5.66. The first kappa shape index (κ1) is 12.7. The van der Waals surface area contributed by atoms with E-state index >= 15 is 0 Å². The molecule has 5 heteroatoms. The van der Waals surface area contributed by atoms with Gasteiger partial charge in [-0.2, -0.15) is 5.26 Å². The van der Waals surface area contributed by atoms with E-state index in [-0.39, 0.29) is 6.54 Å². The molecular formula is C12H13N3O2. The van der Waals surface area contributed by atoms with Gasteiger partial charge in [-0.3, -0.25) is 9.59 Å². The summed E-state index contributed by atoms with van der Waals surface area (Å²) in [4.78, 5) is 22.7. The summed E-state index contributed by atoms with van der Waals surface area (Å²) in [6.45, 7) is 3.55. The summed E-state index contributed by atoms with van der Waals surface area (Å²) in [5.41, 5.74) is 2.46. The quantitative estimate of drug-likeness (QED) is 0.585. The Balaban J connectivity index is 2.71. The molecule has 0 atom stereocenters. The van der Waals surface area contributed by atoms with E-state index in [0.29, 0.717) is 5.69 Å². The van der Waals surface area contributed by atoms with E-state index in [4.69, 9.17) is 5.26 Å². The average molecular weight is 231 g/mol. The first-order valence-corrected chi connectivity index (χ1v) is 5.08. The molecule has 0 radical (unpaired) electrons. The second-order valence-electron chi connectivity index (χ2n) is 3.61. The smallest absolute Gasteiger partial charge is 0.313 e. The monoisotopic (exact) mass is 231 g/mol. The topological polar surface area (TPSA) is 82.0 Å². The minimum Gasteiger partial charge on any atom is -0.335 e. The lowest BCUT2D eigenvalue weighted by Gasteiger charge is -2.08. The van der Waals surface area contributed by atoms with E-state index in [9.17, 15) is 9.59 Å². The number of nitrogens with zero attached hydrogens (tertiary/aromatic N) is 1. The highest BCUT2D eigenvalue weighted by molar-refractivity contribution is 6.39. The van der Waals surface area contributed by atoms with Crippen LogP contribution in [0.3, 0.4) is 0 Å². The zero-order chi connectivity index (χ0) is 12.8. The Hall–Kier alpha value is -2.35. The highest BCUT2D eigenvalue weighted by atomic mass is 16.2. The Morgan fingerprint density at radius 1 is 1.29 bits per heavy atom. The van der Waals surface area contributed by atoms with Crippen LogP contribution in [0, 0.1) is 25.2 Å². The number of amides is 2. The van der Waals surface area contributed by atoms with Gasteiger partial charge in [0.05, 0.1) is 6.07 Å². The van der Waals surface area contributed by atoms with Gasteiger partial charge in [0, 0.05) is 5.69 Å². The van der Waals surface area contributed by atoms with Crippen molar-refractivity contribution in [2.75, 3.05) is 11.9 Å². The Bertz CT molecular complexity index is 489. The number of nitrogens with one attached hydrogen (secondary N) is 2. The molecule has 0 fully saturated rings. The van der Waals surface area contributed by atoms with Crippen LogP contribution in [0.4, 0.5) is 5.69 Å². The third-order valence-electron chi connectivity index (χ3n) is 2.18. The van der Waals surface area contributed by atoms with Crippen molar-refractivity contribution in [2.24, 2.45) is 0 Å². The van der Waals surface area contributed by atoms with E-state index in [1.54, 1.807) is 12.1 Å². The molecule has 0 spiro atoms. The Labute approximate surface area is 99.4 Å². The number of benzene rings is 1. The zero-order valence-electron chi connectivity index (χ0n) is 9.70. The molecule has 2 N–H and O–H groups in total. The Kier molecular flexibility index (Phi) is 4.23. The second-order valence-corrected chi connectivity index (χ2v) is 3.61. The summed E-state index contributed by atoms with van der Waals surface area (Å²) in [5.74, 6) is -1.58. The van der Waals surface area contributed by atoms with Gasteiger partial charge in [-0.1, -0.05) is 12.1 Å². The molecule has 0 heterocycles. The summed E-state index contributed by atoms with van der Waals surface area (Å²) in [7, 11) is 0. The number of carbonyl (C=O) groups excluding carboxylic acids is 2. The van der Waals surface area contributed by atoms with E-state index in [1.165, 1.54) is 0 Å². The lowest BCUT2D eigenvalue weighted by atomic mass is 10.1. The molecule has 1 rings (SSSR count). The molecular weight excluding hydrogens is 218 g/mol. The fourth-order valence-corrected chi connectivity index (χ4v) is 1.25. The third kappa shape index (κ3) is 3.61. The van der Waals surface area contributed by atoms with Gasteiger partial charge in [0.2, 0.25) is 0 Å². The van der Waals surface area contributed by atoms with Crippen molar-refractivity contribution in [3.05, 3.63) is 29.3 Å². The SMILES string of the molecule is Cc1ccc(C)c(NC(=O)C(=O)NCC#N)c1. The molecule has 0 saturated heterocycles. The Morgan fingerprint density at radius 2 is 2.00 bits per heavy atom. The Morgan fingerprint density at radius 3 is 2.65 bits per heavy atom. The molecule has 88 valence electrons. The van der Waals surface area contributed by atoms with Gasteiger partial charge in [-0.25, -0.2) is 0 Å². The molecule has 0 aromatic heterocycles. The number of carbonyl (C=O) groups is 2. The van der Waals surface area contributed by atoms with Crippen molar-refractivity contribution in [1.29, 1.82) is 5.26 Å². The predicted octanol–water partition coefficient (Wildman–Crippen LogP) is 0.882. The van der Waals surface area contributed by atoms with Crippen LogP contribution in [0.2, 0.25) is 0 Å². The van der Waals surface area contributed by atoms with Gasteiger partial charge < -0.3 is 10.6 Å². The number of rotatable bonds is 2. The number of aryl methyl sites for hydroxylation is 2. The van der Waals surface area contributed by atoms with Crippen molar-refractivity contribution in [3.8, 4) is 6.07 Å². The molecule has 0 saturated carbocycles. The maximum absolute atomic E-state index is 11.4. The van der Waals surface area contributed by atoms with Crippen molar-refractivity contribution in [3.63, 3.8) is 0 Å². The van der Waals surface area contributed by atoms with E-state index in [0.717, 1.165) is 11.1 Å². The molecule has 2 amide bonds. The zero-order valence-corrected chi connectivity index (χ0v) is 9.70. The van der Waals surface area contributed by atoms with Crippen LogP contribution in [0.15, 0.2) is 18.2 Å². The van der Waals surface area contributed by atoms with Gasteiger partial charge in [0.25, 0.3) is 0 Å². The van der Waals surface area contributed by atoms with E-state index < -0.39 is 11.8 Å². The third-order valence-corrected chi connectivity index (χ3v) is 2.18. The minimum absolute atomic E-state index is 0.181. The molecule has 0 unspecified atom stereocenters. The van der Waals surface area contributed by atoms with Crippen molar-refractivity contribution >= 4 is 17.5 Å². The fraction of sp³-hybridized carbons (Fsp3) is 0.250. The maximum Gasteiger partial charge on any atom is 0.313 e. The number of hydrogen-bond acceptors (Lipinski definition) is 3. The van der Waals surface area contributed by atoms with Crippen LogP contribution in [0.1, 0.15) is 11.1 Å². The standard InChI is InChI=1S/C12H13N3O2/c1-8-3-4-9(2)10(7-8)15-12(17)11(16)14-6-5-13/h3-4,7H,6H2,1-2H3,(H,14,16)(H,15,17). The molecule has 5 nitrogen and oxygen atoms in total. The molecule has 0 aliphatic rings. The highest BCUT2D eigenvalue weighted by Crippen LogP contribution is 2.15. The molecule has 1 aromatic carbocycles. The van der Waals surface area contributed by atoms with Crippen LogP contribution >= 0.6 is 0 Å². The fourth-order valence-electron chi connectivity index (χ4n) is 1.25. The lowest BCUT2D eigenvalue weighted by Crippen LogP contribution is -2.35.